The lowest BCUT2D eigenvalue weighted by Gasteiger charge is -2.39. The molecule has 1 atom stereocenters. The highest BCUT2D eigenvalue weighted by molar-refractivity contribution is 5.79. The fourth-order valence-electron chi connectivity index (χ4n) is 3.82. The van der Waals surface area contributed by atoms with Crippen LogP contribution < -0.4 is 0 Å². The van der Waals surface area contributed by atoms with E-state index in [1.54, 1.807) is 4.90 Å². The van der Waals surface area contributed by atoms with Crippen molar-refractivity contribution in [3.63, 3.8) is 0 Å². The molecule has 3 rings (SSSR count). The van der Waals surface area contributed by atoms with Gasteiger partial charge in [0.25, 0.3) is 0 Å². The molecule has 3 heterocycles. The Morgan fingerprint density at radius 1 is 1.32 bits per heavy atom. The van der Waals surface area contributed by atoms with Crippen molar-refractivity contribution in [2.45, 2.75) is 51.7 Å². The largest absolute Gasteiger partial charge is 0.444 e. The van der Waals surface area contributed by atoms with E-state index in [1.807, 2.05) is 25.7 Å². The first kappa shape index (κ1) is 15.6. The topological polar surface area (TPSA) is 59.1 Å². The van der Waals surface area contributed by atoms with Gasteiger partial charge in [0.05, 0.1) is 12.6 Å². The van der Waals surface area contributed by atoms with Crippen molar-refractivity contribution in [1.82, 2.24) is 9.80 Å². The number of rotatable bonds is 0. The molecule has 1 unspecified atom stereocenters. The van der Waals surface area contributed by atoms with Gasteiger partial charge in [-0.05, 0) is 45.4 Å². The lowest BCUT2D eigenvalue weighted by atomic mass is 9.77. The van der Waals surface area contributed by atoms with Crippen LogP contribution in [0.4, 0.5) is 4.79 Å². The molecule has 3 aliphatic rings. The summed E-state index contributed by atoms with van der Waals surface area (Å²) in [7, 11) is 0. The van der Waals surface area contributed by atoms with Crippen molar-refractivity contribution in [1.29, 1.82) is 0 Å². The maximum absolute atomic E-state index is 12.1. The van der Waals surface area contributed by atoms with Gasteiger partial charge >= 0.3 is 6.09 Å². The molecule has 6 heteroatoms. The number of carbonyl (C=O) groups is 2. The van der Waals surface area contributed by atoms with Gasteiger partial charge in [0.2, 0.25) is 5.91 Å². The van der Waals surface area contributed by atoms with Gasteiger partial charge in [0, 0.05) is 19.6 Å². The van der Waals surface area contributed by atoms with Crippen LogP contribution in [0, 0.1) is 5.41 Å². The fraction of sp³-hybridized carbons (Fsp3) is 0.875. The average molecular weight is 310 g/mol. The number of hydrogen-bond donors (Lipinski definition) is 0. The fourth-order valence-corrected chi connectivity index (χ4v) is 3.82. The predicted molar refractivity (Wildman–Crippen MR) is 80.4 cm³/mol. The number of piperidine rings is 1. The van der Waals surface area contributed by atoms with Crippen LogP contribution >= 0.6 is 0 Å². The second kappa shape index (κ2) is 5.41. The summed E-state index contributed by atoms with van der Waals surface area (Å²) in [4.78, 5) is 27.9. The molecule has 0 aromatic heterocycles. The van der Waals surface area contributed by atoms with Crippen LogP contribution in [0.15, 0.2) is 0 Å². The minimum atomic E-state index is -0.454. The van der Waals surface area contributed by atoms with Crippen molar-refractivity contribution in [2.75, 3.05) is 32.8 Å². The lowest BCUT2D eigenvalue weighted by Crippen LogP contribution is -2.47. The second-order valence-corrected chi connectivity index (χ2v) is 7.86. The first-order valence-corrected chi connectivity index (χ1v) is 8.13. The van der Waals surface area contributed by atoms with Crippen LogP contribution in [0.1, 0.15) is 40.0 Å². The van der Waals surface area contributed by atoms with E-state index < -0.39 is 5.60 Å². The Morgan fingerprint density at radius 2 is 2.00 bits per heavy atom. The Balaban J connectivity index is 1.58. The molecular weight excluding hydrogens is 284 g/mol. The molecule has 1 spiro atoms. The first-order chi connectivity index (χ1) is 10.3. The molecule has 0 aromatic rings. The standard InChI is InChI=1S/C16H26N2O4/c1-15(2,3)22-14(20)17-6-4-16(5-7-17)8-12-9-21-10-13(19)18(12)11-16/h12H,4-11H2,1-3H3. The van der Waals surface area contributed by atoms with E-state index in [4.69, 9.17) is 9.47 Å². The number of amides is 2. The summed E-state index contributed by atoms with van der Waals surface area (Å²) in [5, 5.41) is 0. The van der Waals surface area contributed by atoms with Crippen LogP contribution in [0.5, 0.6) is 0 Å². The maximum atomic E-state index is 12.1. The third-order valence-corrected chi connectivity index (χ3v) is 4.95. The summed E-state index contributed by atoms with van der Waals surface area (Å²) >= 11 is 0. The smallest absolute Gasteiger partial charge is 0.410 e. The zero-order valence-electron chi connectivity index (χ0n) is 13.8. The van der Waals surface area contributed by atoms with Gasteiger partial charge in [-0.3, -0.25) is 4.79 Å². The Hall–Kier alpha value is -1.30. The van der Waals surface area contributed by atoms with Crippen molar-refractivity contribution in [2.24, 2.45) is 5.41 Å². The molecule has 22 heavy (non-hydrogen) atoms. The van der Waals surface area contributed by atoms with Crippen molar-refractivity contribution in [3.8, 4) is 0 Å². The minimum absolute atomic E-state index is 0.114. The molecule has 124 valence electrons. The molecule has 0 saturated carbocycles. The Morgan fingerprint density at radius 3 is 2.59 bits per heavy atom. The highest BCUT2D eigenvalue weighted by atomic mass is 16.6. The lowest BCUT2D eigenvalue weighted by molar-refractivity contribution is -0.145. The first-order valence-electron chi connectivity index (χ1n) is 8.13. The molecule has 2 amide bonds. The number of morpholine rings is 1. The zero-order valence-corrected chi connectivity index (χ0v) is 13.8. The number of hydrogen-bond acceptors (Lipinski definition) is 4. The highest BCUT2D eigenvalue weighted by Crippen LogP contribution is 2.44. The quantitative estimate of drug-likeness (QED) is 0.682. The monoisotopic (exact) mass is 310 g/mol. The molecule has 3 saturated heterocycles. The molecule has 3 fully saturated rings. The van der Waals surface area contributed by atoms with Gasteiger partial charge in [0.1, 0.15) is 12.2 Å². The average Bonchev–Trinajstić information content (AvgIpc) is 2.77. The van der Waals surface area contributed by atoms with E-state index in [2.05, 4.69) is 0 Å². The summed E-state index contributed by atoms with van der Waals surface area (Å²) in [5.41, 5.74) is -0.295. The van der Waals surface area contributed by atoms with Crippen LogP contribution in [0.3, 0.4) is 0 Å². The van der Waals surface area contributed by atoms with Crippen LogP contribution in [0.2, 0.25) is 0 Å². The van der Waals surface area contributed by atoms with E-state index in [0.717, 1.165) is 25.8 Å². The zero-order chi connectivity index (χ0) is 16.0. The van der Waals surface area contributed by atoms with E-state index in [0.29, 0.717) is 19.7 Å². The SMILES string of the molecule is CC(C)(C)OC(=O)N1CCC2(CC1)CC1COCC(=O)N1C2. The number of nitrogens with zero attached hydrogens (tertiary/aromatic N) is 2. The van der Waals surface area contributed by atoms with Crippen molar-refractivity contribution in [3.05, 3.63) is 0 Å². The third kappa shape index (κ3) is 3.07. The Labute approximate surface area is 131 Å². The number of carbonyl (C=O) groups excluding carboxylic acids is 2. The molecule has 0 aromatic carbocycles. The molecular formula is C16H26N2O4. The van der Waals surface area contributed by atoms with E-state index in [-0.39, 0.29) is 30.1 Å². The normalized spacial score (nSPS) is 28.0. The number of likely N-dealkylation sites (tertiary alicyclic amines) is 1. The Bertz CT molecular complexity index is 463. The van der Waals surface area contributed by atoms with Crippen molar-refractivity contribution >= 4 is 12.0 Å². The van der Waals surface area contributed by atoms with E-state index >= 15 is 0 Å². The maximum Gasteiger partial charge on any atom is 0.410 e. The Kier molecular flexibility index (Phi) is 3.83. The van der Waals surface area contributed by atoms with Gasteiger partial charge in [-0.1, -0.05) is 0 Å². The summed E-state index contributed by atoms with van der Waals surface area (Å²) in [6.45, 7) is 8.78. The van der Waals surface area contributed by atoms with E-state index in [9.17, 15) is 9.59 Å². The molecule has 0 aliphatic carbocycles. The van der Waals surface area contributed by atoms with Gasteiger partial charge in [-0.2, -0.15) is 0 Å². The van der Waals surface area contributed by atoms with E-state index in [1.165, 1.54) is 0 Å². The summed E-state index contributed by atoms with van der Waals surface area (Å²) in [6, 6.07) is 0.231. The molecule has 6 nitrogen and oxygen atoms in total. The van der Waals surface area contributed by atoms with Crippen LogP contribution in [-0.2, 0) is 14.3 Å². The summed E-state index contributed by atoms with van der Waals surface area (Å²) < 4.78 is 10.8. The number of fused-ring (bicyclic) bond motifs is 1. The minimum Gasteiger partial charge on any atom is -0.444 e. The van der Waals surface area contributed by atoms with Crippen LogP contribution in [0.25, 0.3) is 0 Å². The van der Waals surface area contributed by atoms with Gasteiger partial charge in [-0.15, -0.1) is 0 Å². The molecule has 3 aliphatic heterocycles. The second-order valence-electron chi connectivity index (χ2n) is 7.86. The van der Waals surface area contributed by atoms with Gasteiger partial charge in [-0.25, -0.2) is 4.79 Å². The van der Waals surface area contributed by atoms with Gasteiger partial charge < -0.3 is 19.3 Å². The number of ether oxygens (including phenoxy) is 2. The molecule has 0 bridgehead atoms. The molecule has 0 N–H and O–H groups in total. The summed E-state index contributed by atoms with van der Waals surface area (Å²) in [6.07, 6.45) is 2.65. The predicted octanol–water partition coefficient (Wildman–Crippen LogP) is 1.63. The third-order valence-electron chi connectivity index (χ3n) is 4.95. The highest BCUT2D eigenvalue weighted by Gasteiger charge is 2.49. The molecule has 0 radical (unpaired) electrons. The summed E-state index contributed by atoms with van der Waals surface area (Å²) in [5.74, 6) is 0.114. The van der Waals surface area contributed by atoms with Crippen LogP contribution in [-0.4, -0.2) is 66.3 Å². The van der Waals surface area contributed by atoms with Gasteiger partial charge in [0.15, 0.2) is 0 Å². The van der Waals surface area contributed by atoms with Crippen molar-refractivity contribution < 1.29 is 19.1 Å².